The third-order valence-electron chi connectivity index (χ3n) is 0.354. The summed E-state index contributed by atoms with van der Waals surface area (Å²) in [5.41, 5.74) is 3.60. The van der Waals surface area contributed by atoms with Crippen LogP contribution in [0, 0.1) is 0 Å². The van der Waals surface area contributed by atoms with E-state index in [1.54, 1.807) is 0 Å². The van der Waals surface area contributed by atoms with Crippen LogP contribution in [-0.4, -0.2) is 39.2 Å². The van der Waals surface area contributed by atoms with Crippen LogP contribution in [0.2, 0.25) is 0 Å². The number of nitrogens with zero attached hydrogens (tertiary/aromatic N) is 1. The molecule has 0 atom stereocenters. The second-order valence-corrected chi connectivity index (χ2v) is 3.54. The van der Waals surface area contributed by atoms with Gasteiger partial charge < -0.3 is 39.6 Å². The minimum absolute atomic E-state index is 0. The van der Waals surface area contributed by atoms with E-state index in [4.69, 9.17) is 0 Å². The van der Waals surface area contributed by atoms with Crippen molar-refractivity contribution >= 4 is 0 Å². The average Bonchev–Trinajstić information content (AvgIpc) is 1.61. The lowest BCUT2D eigenvalue weighted by Gasteiger charge is -2.14. The summed E-state index contributed by atoms with van der Waals surface area (Å²) in [6, 6.07) is 0. The van der Waals surface area contributed by atoms with Crippen molar-refractivity contribution in [3.63, 3.8) is 0 Å². The van der Waals surface area contributed by atoms with E-state index >= 15 is 0 Å². The molecule has 74 valence electrons. The molecule has 0 aromatic heterocycles. The van der Waals surface area contributed by atoms with E-state index in [2.05, 4.69) is 40.8 Å². The van der Waals surface area contributed by atoms with E-state index in [-0.39, 0.29) is 29.4 Å². The Labute approximate surface area is 87.9 Å². The summed E-state index contributed by atoms with van der Waals surface area (Å²) in [4.78, 5) is 0. The van der Waals surface area contributed by atoms with Crippen LogP contribution < -0.4 is 35.1 Å². The Morgan fingerprint density at radius 1 is 1.09 bits per heavy atom. The van der Waals surface area contributed by atoms with Crippen molar-refractivity contribution in [1.29, 1.82) is 0 Å². The monoisotopic (exact) mass is 248 g/mol. The molecule has 0 aliphatic carbocycles. The van der Waals surface area contributed by atoms with Gasteiger partial charge in [-0.25, -0.2) is 0 Å². The number of quaternary nitrogens is 2. The van der Waals surface area contributed by atoms with Gasteiger partial charge in [0.2, 0.25) is 0 Å². The van der Waals surface area contributed by atoms with Gasteiger partial charge in [0.1, 0.15) is 0 Å². The SMILES string of the molecule is CCC[NH3+].C[N+](C)(C)C.[Br-].[Cl-]. The number of rotatable bonds is 1. The third-order valence-corrected chi connectivity index (χ3v) is 0.354. The van der Waals surface area contributed by atoms with Crippen molar-refractivity contribution in [2.75, 3.05) is 34.7 Å². The number of halogens is 2. The molecule has 0 saturated carbocycles. The van der Waals surface area contributed by atoms with Gasteiger partial charge in [-0.2, -0.15) is 0 Å². The molecule has 4 heteroatoms. The fraction of sp³-hybridized carbons (Fsp3) is 1.00. The summed E-state index contributed by atoms with van der Waals surface area (Å²) < 4.78 is 1.00. The Morgan fingerprint density at radius 3 is 1.18 bits per heavy atom. The van der Waals surface area contributed by atoms with Crippen LogP contribution >= 0.6 is 0 Å². The molecule has 0 unspecified atom stereocenters. The van der Waals surface area contributed by atoms with E-state index < -0.39 is 0 Å². The predicted octanol–water partition coefficient (Wildman–Crippen LogP) is -6.03. The van der Waals surface area contributed by atoms with Crippen molar-refractivity contribution in [3.8, 4) is 0 Å². The van der Waals surface area contributed by atoms with Crippen molar-refractivity contribution in [3.05, 3.63) is 0 Å². The van der Waals surface area contributed by atoms with E-state index in [0.29, 0.717) is 0 Å². The van der Waals surface area contributed by atoms with Crippen molar-refractivity contribution in [2.45, 2.75) is 13.3 Å². The van der Waals surface area contributed by atoms with Gasteiger partial charge in [0.25, 0.3) is 0 Å². The van der Waals surface area contributed by atoms with Crippen LogP contribution in [0.1, 0.15) is 13.3 Å². The third kappa shape index (κ3) is 283. The fourth-order valence-corrected chi connectivity index (χ4v) is 0. The van der Waals surface area contributed by atoms with Gasteiger partial charge >= 0.3 is 0 Å². The zero-order valence-electron chi connectivity index (χ0n) is 8.32. The van der Waals surface area contributed by atoms with E-state index in [1.807, 2.05) is 0 Å². The number of hydrogen-bond donors (Lipinski definition) is 1. The Hall–Kier alpha value is 0.690. The van der Waals surface area contributed by atoms with Crippen LogP contribution in [-0.2, 0) is 0 Å². The molecule has 0 aliphatic rings. The predicted molar refractivity (Wildman–Crippen MR) is 42.0 cm³/mol. The van der Waals surface area contributed by atoms with E-state index in [9.17, 15) is 0 Å². The van der Waals surface area contributed by atoms with Crippen LogP contribution in [0.5, 0.6) is 0 Å². The molecule has 3 N–H and O–H groups in total. The minimum atomic E-state index is 0. The molecular formula is C7H22BrClN2. The lowest BCUT2D eigenvalue weighted by Crippen LogP contribution is -3.00. The largest absolute Gasteiger partial charge is 1.00 e. The smallest absolute Gasteiger partial charge is 0.0737 e. The van der Waals surface area contributed by atoms with Gasteiger partial charge in [0.05, 0.1) is 34.7 Å². The van der Waals surface area contributed by atoms with Crippen molar-refractivity contribution in [2.24, 2.45) is 0 Å². The maximum absolute atomic E-state index is 3.60. The zero-order chi connectivity index (χ0) is 7.91. The first kappa shape index (κ1) is 22.6. The summed E-state index contributed by atoms with van der Waals surface area (Å²) in [6.07, 6.45) is 1.21. The highest BCUT2D eigenvalue weighted by molar-refractivity contribution is 4.07. The van der Waals surface area contributed by atoms with Gasteiger partial charge in [0, 0.05) is 0 Å². The minimum Gasteiger partial charge on any atom is -1.00 e. The fourth-order valence-electron chi connectivity index (χ4n) is 0. The first-order valence-electron chi connectivity index (χ1n) is 3.50. The lowest BCUT2D eigenvalue weighted by molar-refractivity contribution is -0.849. The highest BCUT2D eigenvalue weighted by atomic mass is 79.9. The normalized spacial score (nSPS) is 8.18. The standard InChI is InChI=1S/C4H12N.C3H9N.BrH.ClH/c1-5(2,3)4;1-2-3-4;;/h1-4H3;2-4H2,1H3;2*1H/q+1;;;/p-1. The molecule has 0 fully saturated rings. The molecule has 2 nitrogen and oxygen atoms in total. The molecule has 0 amide bonds. The van der Waals surface area contributed by atoms with E-state index in [1.165, 1.54) is 6.42 Å². The summed E-state index contributed by atoms with van der Waals surface area (Å²) in [7, 11) is 8.50. The van der Waals surface area contributed by atoms with Gasteiger partial charge in [-0.1, -0.05) is 6.92 Å². The second kappa shape index (κ2) is 13.3. The molecule has 0 bridgehead atoms. The van der Waals surface area contributed by atoms with Gasteiger partial charge in [0.15, 0.2) is 0 Å². The maximum atomic E-state index is 3.60. The van der Waals surface area contributed by atoms with Gasteiger partial charge in [-0.15, -0.1) is 0 Å². The quantitative estimate of drug-likeness (QED) is 0.448. The van der Waals surface area contributed by atoms with E-state index in [0.717, 1.165) is 11.0 Å². The molecule has 11 heavy (non-hydrogen) atoms. The Bertz CT molecular complexity index is 46.9. The van der Waals surface area contributed by atoms with Gasteiger partial charge in [-0.05, 0) is 6.42 Å². The molecule has 0 rings (SSSR count). The highest BCUT2D eigenvalue weighted by Gasteiger charge is 1.88. The first-order valence-corrected chi connectivity index (χ1v) is 3.50. The van der Waals surface area contributed by atoms with Crippen LogP contribution in [0.4, 0.5) is 0 Å². The lowest BCUT2D eigenvalue weighted by atomic mass is 10.5. The summed E-state index contributed by atoms with van der Waals surface area (Å²) >= 11 is 0. The summed E-state index contributed by atoms with van der Waals surface area (Å²) in [6.45, 7) is 3.19. The second-order valence-electron chi connectivity index (χ2n) is 3.54. The van der Waals surface area contributed by atoms with Crippen LogP contribution in [0.25, 0.3) is 0 Å². The molecule has 0 aromatic rings. The van der Waals surface area contributed by atoms with Crippen molar-refractivity contribution < 1.29 is 39.6 Å². The average molecular weight is 250 g/mol. The van der Waals surface area contributed by atoms with Crippen LogP contribution in [0.3, 0.4) is 0 Å². The summed E-state index contributed by atoms with van der Waals surface area (Å²) in [5, 5.41) is 0. The highest BCUT2D eigenvalue weighted by Crippen LogP contribution is 1.73. The Balaban J connectivity index is -0.0000000383. The molecule has 0 heterocycles. The molecule has 0 aliphatic heterocycles. The van der Waals surface area contributed by atoms with Crippen molar-refractivity contribution in [1.82, 2.24) is 0 Å². The molecule has 0 radical (unpaired) electrons. The topological polar surface area (TPSA) is 27.6 Å². The molecular weight excluding hydrogens is 227 g/mol. The zero-order valence-corrected chi connectivity index (χ0v) is 10.7. The maximum Gasteiger partial charge on any atom is 0.0737 e. The molecule has 0 aromatic carbocycles. The Kier molecular flexibility index (Phi) is 27.3. The van der Waals surface area contributed by atoms with Crippen LogP contribution in [0.15, 0.2) is 0 Å². The van der Waals surface area contributed by atoms with Gasteiger partial charge in [-0.3, -0.25) is 0 Å². The summed E-state index contributed by atoms with van der Waals surface area (Å²) in [5.74, 6) is 0. The first-order chi connectivity index (χ1) is 3.91. The molecule has 0 spiro atoms. The number of hydrogen-bond acceptors (Lipinski definition) is 0. The molecule has 0 saturated heterocycles. The Morgan fingerprint density at radius 2 is 1.18 bits per heavy atom.